The topological polar surface area (TPSA) is 29.3 Å². The lowest BCUT2D eigenvalue weighted by Gasteiger charge is -2.48. The van der Waals surface area contributed by atoms with Crippen LogP contribution in [0.15, 0.2) is 0 Å². The first kappa shape index (κ1) is 13.0. The molecular weight excluding hydrogens is 184 g/mol. The zero-order chi connectivity index (χ0) is 11.1. The molecule has 0 aromatic carbocycles. The van der Waals surface area contributed by atoms with Gasteiger partial charge in [0.25, 0.3) is 0 Å². The van der Waals surface area contributed by atoms with E-state index in [0.717, 1.165) is 13.1 Å². The summed E-state index contributed by atoms with van der Waals surface area (Å²) in [5, 5.41) is 0. The number of likely N-dealkylation sites (tertiary alicyclic amines) is 1. The van der Waals surface area contributed by atoms with Gasteiger partial charge in [-0.1, -0.05) is 46.0 Å². The molecule has 1 aliphatic rings. The molecule has 1 rings (SSSR count). The van der Waals surface area contributed by atoms with Crippen LogP contribution in [-0.4, -0.2) is 30.1 Å². The molecule has 0 bridgehead atoms. The van der Waals surface area contributed by atoms with Crippen molar-refractivity contribution in [1.29, 1.82) is 0 Å². The molecule has 0 unspecified atom stereocenters. The first-order valence-corrected chi connectivity index (χ1v) is 6.71. The van der Waals surface area contributed by atoms with Crippen LogP contribution in [0.2, 0.25) is 0 Å². The second-order valence-corrected chi connectivity index (χ2v) is 5.24. The van der Waals surface area contributed by atoms with Crippen LogP contribution < -0.4 is 5.73 Å². The first-order chi connectivity index (χ1) is 7.20. The lowest BCUT2D eigenvalue weighted by Crippen LogP contribution is -2.67. The van der Waals surface area contributed by atoms with Crippen LogP contribution in [0.1, 0.15) is 58.8 Å². The molecule has 0 spiro atoms. The fourth-order valence-electron chi connectivity index (χ4n) is 2.60. The minimum Gasteiger partial charge on any atom is -0.323 e. The SMILES string of the molecule is CCCCCCCN1CC(N)(CCC)C1. The van der Waals surface area contributed by atoms with Gasteiger partial charge in [-0.25, -0.2) is 0 Å². The van der Waals surface area contributed by atoms with Crippen molar-refractivity contribution < 1.29 is 0 Å². The van der Waals surface area contributed by atoms with Crippen molar-refractivity contribution in [3.8, 4) is 0 Å². The van der Waals surface area contributed by atoms with Gasteiger partial charge in [0.2, 0.25) is 0 Å². The van der Waals surface area contributed by atoms with Gasteiger partial charge in [-0.05, 0) is 19.4 Å². The van der Waals surface area contributed by atoms with Crippen LogP contribution in [-0.2, 0) is 0 Å². The maximum absolute atomic E-state index is 6.21. The highest BCUT2D eigenvalue weighted by molar-refractivity contribution is 4.99. The van der Waals surface area contributed by atoms with Gasteiger partial charge in [0.15, 0.2) is 0 Å². The van der Waals surface area contributed by atoms with E-state index in [9.17, 15) is 0 Å². The lowest BCUT2D eigenvalue weighted by atomic mass is 9.86. The number of nitrogens with two attached hydrogens (primary N) is 1. The standard InChI is InChI=1S/C13H28N2/c1-3-5-6-7-8-10-15-11-13(14,12-15)9-4-2/h3-12,14H2,1-2H3. The second-order valence-electron chi connectivity index (χ2n) is 5.24. The van der Waals surface area contributed by atoms with Crippen LogP contribution in [0.4, 0.5) is 0 Å². The summed E-state index contributed by atoms with van der Waals surface area (Å²) in [6, 6.07) is 0. The van der Waals surface area contributed by atoms with E-state index in [1.807, 2.05) is 0 Å². The maximum Gasteiger partial charge on any atom is 0.0412 e. The maximum atomic E-state index is 6.21. The molecule has 0 radical (unpaired) electrons. The highest BCUT2D eigenvalue weighted by atomic mass is 15.2. The van der Waals surface area contributed by atoms with E-state index in [1.165, 1.54) is 51.5 Å². The monoisotopic (exact) mass is 212 g/mol. The minimum absolute atomic E-state index is 0.165. The molecule has 0 aromatic heterocycles. The molecule has 2 nitrogen and oxygen atoms in total. The van der Waals surface area contributed by atoms with E-state index in [2.05, 4.69) is 18.7 Å². The Morgan fingerprint density at radius 3 is 2.27 bits per heavy atom. The van der Waals surface area contributed by atoms with Crippen LogP contribution in [0, 0.1) is 0 Å². The molecule has 15 heavy (non-hydrogen) atoms. The quantitative estimate of drug-likeness (QED) is 0.627. The normalized spacial score (nSPS) is 20.2. The van der Waals surface area contributed by atoms with Gasteiger partial charge in [-0.2, -0.15) is 0 Å². The van der Waals surface area contributed by atoms with Crippen LogP contribution in [0.5, 0.6) is 0 Å². The molecule has 1 aliphatic heterocycles. The highest BCUT2D eigenvalue weighted by Crippen LogP contribution is 2.23. The zero-order valence-corrected chi connectivity index (χ0v) is 10.6. The van der Waals surface area contributed by atoms with E-state index in [4.69, 9.17) is 5.73 Å². The smallest absolute Gasteiger partial charge is 0.0412 e. The van der Waals surface area contributed by atoms with E-state index in [0.29, 0.717) is 0 Å². The predicted molar refractivity (Wildman–Crippen MR) is 67.0 cm³/mol. The third-order valence-corrected chi connectivity index (χ3v) is 3.40. The Balaban J connectivity index is 1.93. The number of nitrogens with zero attached hydrogens (tertiary/aromatic N) is 1. The van der Waals surface area contributed by atoms with E-state index < -0.39 is 0 Å². The Kier molecular flexibility index (Phi) is 5.62. The van der Waals surface area contributed by atoms with Gasteiger partial charge < -0.3 is 5.73 Å². The Hall–Kier alpha value is -0.0800. The summed E-state index contributed by atoms with van der Waals surface area (Å²) in [5.74, 6) is 0. The Bertz CT molecular complexity index is 162. The van der Waals surface area contributed by atoms with Crippen LogP contribution in [0.25, 0.3) is 0 Å². The summed E-state index contributed by atoms with van der Waals surface area (Å²) < 4.78 is 0. The van der Waals surface area contributed by atoms with Gasteiger partial charge in [-0.3, -0.25) is 4.90 Å². The third kappa shape index (κ3) is 4.52. The molecule has 1 heterocycles. The molecule has 0 atom stereocenters. The number of hydrogen-bond donors (Lipinski definition) is 1. The molecular formula is C13H28N2. The highest BCUT2D eigenvalue weighted by Gasteiger charge is 2.37. The average Bonchev–Trinajstić information content (AvgIpc) is 2.15. The summed E-state index contributed by atoms with van der Waals surface area (Å²) in [4.78, 5) is 2.52. The minimum atomic E-state index is 0.165. The summed E-state index contributed by atoms with van der Waals surface area (Å²) in [5.41, 5.74) is 6.38. The van der Waals surface area contributed by atoms with Crippen molar-refractivity contribution in [2.45, 2.75) is 64.3 Å². The van der Waals surface area contributed by atoms with Gasteiger partial charge >= 0.3 is 0 Å². The van der Waals surface area contributed by atoms with Gasteiger partial charge in [0.05, 0.1) is 0 Å². The molecule has 2 heteroatoms. The largest absolute Gasteiger partial charge is 0.323 e. The van der Waals surface area contributed by atoms with Crippen LogP contribution >= 0.6 is 0 Å². The molecule has 0 saturated carbocycles. The fraction of sp³-hybridized carbons (Fsp3) is 1.00. The fourth-order valence-corrected chi connectivity index (χ4v) is 2.60. The Labute approximate surface area is 95.2 Å². The van der Waals surface area contributed by atoms with E-state index in [1.54, 1.807) is 0 Å². The molecule has 0 aliphatic carbocycles. The van der Waals surface area contributed by atoms with E-state index in [-0.39, 0.29) is 5.54 Å². The predicted octanol–water partition coefficient (Wildman–Crippen LogP) is 2.77. The summed E-state index contributed by atoms with van der Waals surface area (Å²) in [7, 11) is 0. The average molecular weight is 212 g/mol. The van der Waals surface area contributed by atoms with Crippen molar-refractivity contribution in [1.82, 2.24) is 4.90 Å². The molecule has 90 valence electrons. The van der Waals surface area contributed by atoms with Crippen LogP contribution in [0.3, 0.4) is 0 Å². The Morgan fingerprint density at radius 1 is 1.00 bits per heavy atom. The number of hydrogen-bond acceptors (Lipinski definition) is 2. The van der Waals surface area contributed by atoms with Crippen molar-refractivity contribution in [3.05, 3.63) is 0 Å². The molecule has 2 N–H and O–H groups in total. The van der Waals surface area contributed by atoms with Crippen molar-refractivity contribution in [2.24, 2.45) is 5.73 Å². The van der Waals surface area contributed by atoms with Crippen molar-refractivity contribution in [2.75, 3.05) is 19.6 Å². The number of unbranched alkanes of at least 4 members (excludes halogenated alkanes) is 4. The second kappa shape index (κ2) is 6.49. The van der Waals surface area contributed by atoms with E-state index >= 15 is 0 Å². The van der Waals surface area contributed by atoms with Gasteiger partial charge in [-0.15, -0.1) is 0 Å². The number of rotatable bonds is 8. The Morgan fingerprint density at radius 2 is 1.67 bits per heavy atom. The molecule has 0 amide bonds. The van der Waals surface area contributed by atoms with Crippen molar-refractivity contribution in [3.63, 3.8) is 0 Å². The molecule has 0 aromatic rings. The van der Waals surface area contributed by atoms with Gasteiger partial charge in [0.1, 0.15) is 0 Å². The zero-order valence-electron chi connectivity index (χ0n) is 10.6. The summed E-state index contributed by atoms with van der Waals surface area (Å²) in [6.45, 7) is 8.03. The third-order valence-electron chi connectivity index (χ3n) is 3.40. The molecule has 1 saturated heterocycles. The lowest BCUT2D eigenvalue weighted by molar-refractivity contribution is 0.0623. The first-order valence-electron chi connectivity index (χ1n) is 6.71. The molecule has 1 fully saturated rings. The van der Waals surface area contributed by atoms with Crippen molar-refractivity contribution >= 4 is 0 Å². The van der Waals surface area contributed by atoms with Gasteiger partial charge in [0, 0.05) is 18.6 Å². The summed E-state index contributed by atoms with van der Waals surface area (Å²) in [6.07, 6.45) is 9.33. The summed E-state index contributed by atoms with van der Waals surface area (Å²) >= 11 is 0.